The lowest BCUT2D eigenvalue weighted by molar-refractivity contribution is 0.558. The van der Waals surface area contributed by atoms with Gasteiger partial charge in [-0.3, -0.25) is 9.48 Å². The highest BCUT2D eigenvalue weighted by Gasteiger charge is 2.22. The summed E-state index contributed by atoms with van der Waals surface area (Å²) in [4.78, 5) is 23.7. The molecular formula is C19H21BN6O. The maximum absolute atomic E-state index is 12.9. The maximum Gasteiger partial charge on any atom is 0.261 e. The number of benzene rings is 1. The van der Waals surface area contributed by atoms with Crippen LogP contribution in [0.1, 0.15) is 20.3 Å². The molecule has 0 aliphatic carbocycles. The van der Waals surface area contributed by atoms with Gasteiger partial charge in [-0.05, 0) is 24.0 Å². The standard InChI is InChI=1S/C19H21BN6O/c1-4-10(2)17(20)24-16-14(18-21-11-7-5-6-8-12(11)22-18)19(27)23-13-9-26(3)25-15(13)16/h5-10,17,24H,4H2,1-3H3,(H,21,22)(H,23,27). The van der Waals surface area contributed by atoms with E-state index in [0.29, 0.717) is 28.1 Å². The van der Waals surface area contributed by atoms with Gasteiger partial charge < -0.3 is 15.3 Å². The number of imidazole rings is 1. The van der Waals surface area contributed by atoms with Gasteiger partial charge in [-0.2, -0.15) is 5.10 Å². The number of pyridine rings is 1. The fourth-order valence-corrected chi connectivity index (χ4v) is 3.18. The van der Waals surface area contributed by atoms with E-state index in [0.717, 1.165) is 17.5 Å². The van der Waals surface area contributed by atoms with Crippen LogP contribution in [0.25, 0.3) is 33.5 Å². The first-order valence-corrected chi connectivity index (χ1v) is 9.04. The highest BCUT2D eigenvalue weighted by atomic mass is 16.1. The van der Waals surface area contributed by atoms with Crippen LogP contribution >= 0.6 is 0 Å². The number of para-hydroxylation sites is 2. The van der Waals surface area contributed by atoms with Gasteiger partial charge in [0.1, 0.15) is 16.9 Å². The van der Waals surface area contributed by atoms with Crippen molar-refractivity contribution in [2.45, 2.75) is 26.2 Å². The third-order valence-corrected chi connectivity index (χ3v) is 4.99. The number of aromatic amines is 2. The zero-order valence-corrected chi connectivity index (χ0v) is 15.6. The average Bonchev–Trinajstić information content (AvgIpc) is 3.23. The summed E-state index contributed by atoms with van der Waals surface area (Å²) in [5, 5.41) is 7.84. The third kappa shape index (κ3) is 3.01. The number of nitrogens with zero attached hydrogens (tertiary/aromatic N) is 3. The van der Waals surface area contributed by atoms with Crippen molar-refractivity contribution in [1.82, 2.24) is 24.7 Å². The number of aromatic nitrogens is 5. The van der Waals surface area contributed by atoms with Crippen molar-refractivity contribution in [2.24, 2.45) is 13.0 Å². The monoisotopic (exact) mass is 360 g/mol. The Morgan fingerprint density at radius 1 is 1.26 bits per heavy atom. The molecule has 0 saturated heterocycles. The molecule has 3 aromatic heterocycles. The number of H-pyrrole nitrogens is 2. The lowest BCUT2D eigenvalue weighted by Crippen LogP contribution is -2.29. The molecule has 0 spiro atoms. The molecule has 0 fully saturated rings. The highest BCUT2D eigenvalue weighted by Crippen LogP contribution is 2.31. The van der Waals surface area contributed by atoms with Gasteiger partial charge in [0.2, 0.25) is 0 Å². The summed E-state index contributed by atoms with van der Waals surface area (Å²) in [6.45, 7) is 4.15. The van der Waals surface area contributed by atoms with Crippen LogP contribution in [-0.4, -0.2) is 38.5 Å². The molecule has 1 aromatic carbocycles. The lowest BCUT2D eigenvalue weighted by Gasteiger charge is -2.23. The predicted octanol–water partition coefficient (Wildman–Crippen LogP) is 2.76. The number of fused-ring (bicyclic) bond motifs is 2. The molecule has 4 rings (SSSR count). The largest absolute Gasteiger partial charge is 0.388 e. The van der Waals surface area contributed by atoms with E-state index in [1.54, 1.807) is 10.9 Å². The van der Waals surface area contributed by atoms with Gasteiger partial charge >= 0.3 is 0 Å². The van der Waals surface area contributed by atoms with Crippen molar-refractivity contribution in [1.29, 1.82) is 0 Å². The SMILES string of the molecule is [B]C(Nc1c(-c2nc3ccccc3[nH]2)c(=O)[nH]c2cn(C)nc12)C(C)CC. The first kappa shape index (κ1) is 17.4. The Kier molecular flexibility index (Phi) is 4.26. The zero-order chi connectivity index (χ0) is 19.1. The van der Waals surface area contributed by atoms with E-state index in [4.69, 9.17) is 7.85 Å². The summed E-state index contributed by atoms with van der Waals surface area (Å²) < 4.78 is 1.67. The lowest BCUT2D eigenvalue weighted by atomic mass is 9.83. The molecule has 136 valence electrons. The molecule has 0 bridgehead atoms. The fourth-order valence-electron chi connectivity index (χ4n) is 3.18. The van der Waals surface area contributed by atoms with Crippen LogP contribution in [0.5, 0.6) is 0 Å². The summed E-state index contributed by atoms with van der Waals surface area (Å²) in [6.07, 6.45) is 2.70. The Morgan fingerprint density at radius 2 is 2.04 bits per heavy atom. The molecule has 7 nitrogen and oxygen atoms in total. The smallest absolute Gasteiger partial charge is 0.261 e. The van der Waals surface area contributed by atoms with Crippen molar-refractivity contribution >= 4 is 35.6 Å². The third-order valence-electron chi connectivity index (χ3n) is 4.99. The number of nitrogens with one attached hydrogen (secondary N) is 3. The van der Waals surface area contributed by atoms with Crippen molar-refractivity contribution in [3.63, 3.8) is 0 Å². The van der Waals surface area contributed by atoms with Crippen molar-refractivity contribution in [3.8, 4) is 11.4 Å². The van der Waals surface area contributed by atoms with Crippen LogP contribution in [0.15, 0.2) is 35.3 Å². The van der Waals surface area contributed by atoms with Crippen LogP contribution in [-0.2, 0) is 7.05 Å². The fraction of sp³-hybridized carbons (Fsp3) is 0.316. The van der Waals surface area contributed by atoms with E-state index in [1.165, 1.54) is 0 Å². The van der Waals surface area contributed by atoms with Crippen LogP contribution in [0.3, 0.4) is 0 Å². The average molecular weight is 360 g/mol. The molecule has 3 N–H and O–H groups in total. The van der Waals surface area contributed by atoms with Crippen molar-refractivity contribution in [2.75, 3.05) is 5.32 Å². The summed E-state index contributed by atoms with van der Waals surface area (Å²) in [5.41, 5.74) is 3.74. The van der Waals surface area contributed by atoms with Gasteiger partial charge in [-0.25, -0.2) is 4.98 Å². The van der Waals surface area contributed by atoms with E-state index < -0.39 is 0 Å². The Hall–Kier alpha value is -3.03. The molecule has 4 aromatic rings. The molecule has 2 atom stereocenters. The van der Waals surface area contributed by atoms with Gasteiger partial charge in [0.25, 0.3) is 5.56 Å². The normalized spacial score (nSPS) is 13.9. The van der Waals surface area contributed by atoms with Gasteiger partial charge in [0, 0.05) is 13.2 Å². The first-order valence-electron chi connectivity index (χ1n) is 9.04. The number of hydrogen-bond acceptors (Lipinski definition) is 4. The second-order valence-electron chi connectivity index (χ2n) is 6.93. The molecule has 3 heterocycles. The van der Waals surface area contributed by atoms with E-state index in [-0.39, 0.29) is 17.4 Å². The molecular weight excluding hydrogens is 339 g/mol. The van der Waals surface area contributed by atoms with Crippen LogP contribution in [0.2, 0.25) is 0 Å². The van der Waals surface area contributed by atoms with Crippen molar-refractivity contribution < 1.29 is 0 Å². The van der Waals surface area contributed by atoms with E-state index >= 15 is 0 Å². The molecule has 2 radical (unpaired) electrons. The molecule has 0 amide bonds. The van der Waals surface area contributed by atoms with Gasteiger partial charge in [0.15, 0.2) is 0 Å². The van der Waals surface area contributed by atoms with Gasteiger partial charge in [-0.1, -0.05) is 32.4 Å². The summed E-state index contributed by atoms with van der Waals surface area (Å²) in [7, 11) is 8.16. The number of rotatable bonds is 5. The number of anilines is 1. The predicted molar refractivity (Wildman–Crippen MR) is 109 cm³/mol. The second kappa shape index (κ2) is 6.61. The molecule has 27 heavy (non-hydrogen) atoms. The van der Waals surface area contributed by atoms with Crippen LogP contribution in [0.4, 0.5) is 5.69 Å². The molecule has 2 unspecified atom stereocenters. The Balaban J connectivity index is 1.96. The van der Waals surface area contributed by atoms with Crippen molar-refractivity contribution in [3.05, 3.63) is 40.8 Å². The van der Waals surface area contributed by atoms with Gasteiger partial charge in [-0.15, -0.1) is 0 Å². The molecule has 0 saturated carbocycles. The first-order chi connectivity index (χ1) is 13.0. The molecule has 8 heteroatoms. The summed E-state index contributed by atoms with van der Waals surface area (Å²) in [6, 6.07) is 7.67. The Bertz CT molecular complexity index is 1140. The Morgan fingerprint density at radius 3 is 2.78 bits per heavy atom. The van der Waals surface area contributed by atoms with Crippen LogP contribution < -0.4 is 10.9 Å². The molecule has 0 aliphatic rings. The number of aryl methyl sites for hydroxylation is 1. The maximum atomic E-state index is 12.9. The Labute approximate surface area is 157 Å². The quantitative estimate of drug-likeness (QED) is 0.477. The minimum absolute atomic E-state index is 0.228. The van der Waals surface area contributed by atoms with E-state index in [1.807, 2.05) is 31.3 Å². The summed E-state index contributed by atoms with van der Waals surface area (Å²) >= 11 is 0. The topological polar surface area (TPSA) is 91.4 Å². The van der Waals surface area contributed by atoms with E-state index in [9.17, 15) is 4.79 Å². The second-order valence-corrected chi connectivity index (χ2v) is 6.93. The highest BCUT2D eigenvalue weighted by molar-refractivity contribution is 6.14. The minimum Gasteiger partial charge on any atom is -0.388 e. The molecule has 0 aliphatic heterocycles. The van der Waals surface area contributed by atoms with Crippen LogP contribution in [0, 0.1) is 5.92 Å². The minimum atomic E-state index is -0.315. The zero-order valence-electron chi connectivity index (χ0n) is 15.6. The summed E-state index contributed by atoms with van der Waals surface area (Å²) in [5.74, 6) is 0.403. The van der Waals surface area contributed by atoms with Gasteiger partial charge in [0.05, 0.1) is 30.1 Å². The van der Waals surface area contributed by atoms with E-state index in [2.05, 4.69) is 39.2 Å². The number of hydrogen-bond donors (Lipinski definition) is 3.